The minimum absolute atomic E-state index is 0.0441. The summed E-state index contributed by atoms with van der Waals surface area (Å²) < 4.78 is 5.14. The first-order valence-corrected chi connectivity index (χ1v) is 10.2. The van der Waals surface area contributed by atoms with Gasteiger partial charge in [-0.3, -0.25) is 14.4 Å². The van der Waals surface area contributed by atoms with Gasteiger partial charge in [-0.15, -0.1) is 0 Å². The lowest BCUT2D eigenvalue weighted by atomic mass is 9.59. The Balaban J connectivity index is 1.74. The van der Waals surface area contributed by atoms with E-state index in [1.807, 2.05) is 0 Å². The van der Waals surface area contributed by atoms with Gasteiger partial charge >= 0.3 is 0 Å². The van der Waals surface area contributed by atoms with Crippen LogP contribution in [0.15, 0.2) is 46.0 Å². The number of nitrogens with two attached hydrogens (primary N) is 2. The summed E-state index contributed by atoms with van der Waals surface area (Å²) in [6, 6.07) is 3.22. The Morgan fingerprint density at radius 2 is 1.91 bits per heavy atom. The number of furan rings is 1. The van der Waals surface area contributed by atoms with Gasteiger partial charge in [0.15, 0.2) is 11.4 Å². The van der Waals surface area contributed by atoms with E-state index in [0.717, 1.165) is 0 Å². The van der Waals surface area contributed by atoms with Crippen molar-refractivity contribution in [3.8, 4) is 16.9 Å². The summed E-state index contributed by atoms with van der Waals surface area (Å²) in [4.78, 5) is 37.6. The number of primary amides is 1. The zero-order valence-electron chi connectivity index (χ0n) is 17.2. The number of hydrogen-bond acceptors (Lipinski definition) is 9. The molecule has 5 rings (SSSR count). The van der Waals surface area contributed by atoms with Crippen molar-refractivity contribution >= 4 is 28.9 Å². The van der Waals surface area contributed by atoms with Crippen LogP contribution in [0.3, 0.4) is 0 Å². The fourth-order valence-corrected chi connectivity index (χ4v) is 5.39. The molecule has 10 nitrogen and oxygen atoms in total. The highest BCUT2D eigenvalue weighted by atomic mass is 16.3. The number of amides is 1. The van der Waals surface area contributed by atoms with Crippen molar-refractivity contribution in [1.82, 2.24) is 0 Å². The Hall–Kier alpha value is -4.05. The van der Waals surface area contributed by atoms with Crippen molar-refractivity contribution in [2.45, 2.75) is 24.9 Å². The standard InChI is InChI=1S/C23H20N2O8/c24-13-6-11(8-1-2-33-7-8)12-4-9-3-10-5-14(26)17(22(25)31)21(30)23(10,32)20(29)15(9)19(28)16(12)18(13)27/h1-2,6-7,9-10,27-28,30,32H,3-5,24H2,(H2,25,31)/t9-,10+,23+/m1/s1. The molecule has 0 spiro atoms. The van der Waals surface area contributed by atoms with Crippen molar-refractivity contribution in [3.63, 3.8) is 0 Å². The molecule has 0 unspecified atom stereocenters. The fourth-order valence-electron chi connectivity index (χ4n) is 5.39. The van der Waals surface area contributed by atoms with Crippen LogP contribution >= 0.6 is 0 Å². The second-order valence-corrected chi connectivity index (χ2v) is 8.63. The van der Waals surface area contributed by atoms with Gasteiger partial charge in [0.05, 0.1) is 23.8 Å². The molecule has 0 saturated heterocycles. The number of aliphatic hydroxyl groups is 3. The normalized spacial score (nSPS) is 26.7. The average Bonchev–Trinajstić information content (AvgIpc) is 3.27. The molecular weight excluding hydrogens is 432 g/mol. The third-order valence-corrected chi connectivity index (χ3v) is 6.93. The Bertz CT molecular complexity index is 1320. The molecule has 10 heteroatoms. The maximum atomic E-state index is 13.5. The number of aromatic hydroxyl groups is 1. The number of aliphatic hydroxyl groups excluding tert-OH is 2. The van der Waals surface area contributed by atoms with Crippen LogP contribution in [0.4, 0.5) is 5.69 Å². The Morgan fingerprint density at radius 1 is 1.18 bits per heavy atom. The first-order chi connectivity index (χ1) is 15.6. The molecule has 1 fully saturated rings. The molecule has 0 bridgehead atoms. The summed E-state index contributed by atoms with van der Waals surface area (Å²) in [5.41, 5.74) is 9.14. The molecule has 170 valence electrons. The molecule has 8 N–H and O–H groups in total. The lowest BCUT2D eigenvalue weighted by molar-refractivity contribution is -0.147. The van der Waals surface area contributed by atoms with E-state index in [1.54, 1.807) is 6.07 Å². The molecule has 2 aromatic rings. The zero-order valence-corrected chi connectivity index (χ0v) is 17.2. The molecule has 33 heavy (non-hydrogen) atoms. The third kappa shape index (κ3) is 2.61. The van der Waals surface area contributed by atoms with Crippen molar-refractivity contribution < 1.29 is 39.2 Å². The van der Waals surface area contributed by atoms with E-state index in [4.69, 9.17) is 15.9 Å². The number of carbonyl (C=O) groups is 3. The lowest BCUT2D eigenvalue weighted by Gasteiger charge is -2.46. The fraction of sp³-hybridized carbons (Fsp3) is 0.261. The smallest absolute Gasteiger partial charge is 0.255 e. The van der Waals surface area contributed by atoms with Crippen molar-refractivity contribution in [2.75, 3.05) is 5.73 Å². The highest BCUT2D eigenvalue weighted by Crippen LogP contribution is 2.53. The summed E-state index contributed by atoms with van der Waals surface area (Å²) in [6.07, 6.45) is 2.80. The van der Waals surface area contributed by atoms with E-state index in [-0.39, 0.29) is 36.1 Å². The maximum Gasteiger partial charge on any atom is 0.255 e. The highest BCUT2D eigenvalue weighted by Gasteiger charge is 2.60. The minimum atomic E-state index is -2.60. The van der Waals surface area contributed by atoms with Gasteiger partial charge in [-0.05, 0) is 42.0 Å². The second kappa shape index (κ2) is 6.72. The number of hydrogen-bond donors (Lipinski definition) is 6. The Labute approximate surface area is 186 Å². The number of ketones is 2. The van der Waals surface area contributed by atoms with Crippen LogP contribution < -0.4 is 11.5 Å². The van der Waals surface area contributed by atoms with Crippen molar-refractivity contribution in [2.24, 2.45) is 17.6 Å². The van der Waals surface area contributed by atoms with E-state index >= 15 is 0 Å². The maximum absolute atomic E-state index is 13.5. The molecule has 1 saturated carbocycles. The first kappa shape index (κ1) is 20.8. The van der Waals surface area contributed by atoms with Gasteiger partial charge in [0.2, 0.25) is 5.78 Å². The summed E-state index contributed by atoms with van der Waals surface area (Å²) in [5.74, 6) is -6.86. The Morgan fingerprint density at radius 3 is 2.55 bits per heavy atom. The van der Waals surface area contributed by atoms with Gasteiger partial charge in [-0.1, -0.05) is 0 Å². The van der Waals surface area contributed by atoms with Crippen molar-refractivity contribution in [3.05, 3.63) is 52.7 Å². The number of rotatable bonds is 2. The van der Waals surface area contributed by atoms with Crippen LogP contribution in [0.1, 0.15) is 24.0 Å². The molecule has 3 aliphatic rings. The van der Waals surface area contributed by atoms with Crippen LogP contribution in [0.25, 0.3) is 16.9 Å². The van der Waals surface area contributed by atoms with Gasteiger partial charge < -0.3 is 36.3 Å². The lowest BCUT2D eigenvalue weighted by Crippen LogP contribution is -2.58. The molecule has 1 aromatic heterocycles. The summed E-state index contributed by atoms with van der Waals surface area (Å²) >= 11 is 0. The van der Waals surface area contributed by atoms with E-state index < -0.39 is 57.8 Å². The molecule has 1 aromatic carbocycles. The number of carbonyl (C=O) groups excluding carboxylic acids is 3. The Kier molecular flexibility index (Phi) is 4.24. The topological polar surface area (TPSA) is 197 Å². The quantitative estimate of drug-likeness (QED) is 0.221. The SMILES string of the molecule is NC(=O)C1=C(O)[C@@]2(O)C(=O)C3=C(O)c4c(O)c(N)cc(-c5ccoc5)c4C[C@H]3C[C@H]2CC1=O. The highest BCUT2D eigenvalue weighted by molar-refractivity contribution is 6.22. The zero-order chi connectivity index (χ0) is 23.8. The molecular formula is C23H20N2O8. The van der Waals surface area contributed by atoms with Crippen LogP contribution in [-0.2, 0) is 20.8 Å². The van der Waals surface area contributed by atoms with Crippen molar-refractivity contribution in [1.29, 1.82) is 0 Å². The van der Waals surface area contributed by atoms with Gasteiger partial charge in [-0.25, -0.2) is 0 Å². The van der Waals surface area contributed by atoms with E-state index in [1.165, 1.54) is 18.6 Å². The van der Waals surface area contributed by atoms with E-state index in [2.05, 4.69) is 0 Å². The number of Topliss-reactive ketones (excluding diaryl/α,β-unsaturated/α-hetero) is 2. The molecule has 3 aliphatic carbocycles. The summed E-state index contributed by atoms with van der Waals surface area (Å²) in [5, 5.41) is 43.6. The number of benzene rings is 1. The molecule has 1 amide bonds. The third-order valence-electron chi connectivity index (χ3n) is 6.93. The number of nitrogen functional groups attached to an aromatic ring is 1. The van der Waals surface area contributed by atoms with Crippen LogP contribution in [0.5, 0.6) is 5.75 Å². The van der Waals surface area contributed by atoms with E-state index in [9.17, 15) is 34.8 Å². The number of phenols is 1. The van der Waals surface area contributed by atoms with Gasteiger partial charge in [0, 0.05) is 23.5 Å². The van der Waals surface area contributed by atoms with Crippen LogP contribution in [0.2, 0.25) is 0 Å². The van der Waals surface area contributed by atoms with Crippen LogP contribution in [0, 0.1) is 11.8 Å². The predicted octanol–water partition coefficient (Wildman–Crippen LogP) is 1.27. The summed E-state index contributed by atoms with van der Waals surface area (Å²) in [7, 11) is 0. The molecule has 3 atom stereocenters. The monoisotopic (exact) mass is 452 g/mol. The number of phenolic OH excluding ortho intramolecular Hbond substituents is 1. The average molecular weight is 452 g/mol. The minimum Gasteiger partial charge on any atom is -0.508 e. The first-order valence-electron chi connectivity index (χ1n) is 10.2. The summed E-state index contributed by atoms with van der Waals surface area (Å²) in [6.45, 7) is 0. The predicted molar refractivity (Wildman–Crippen MR) is 114 cm³/mol. The largest absolute Gasteiger partial charge is 0.508 e. The van der Waals surface area contributed by atoms with E-state index in [0.29, 0.717) is 16.7 Å². The molecule has 1 heterocycles. The van der Waals surface area contributed by atoms with Gasteiger partial charge in [-0.2, -0.15) is 0 Å². The van der Waals surface area contributed by atoms with Gasteiger partial charge in [0.25, 0.3) is 5.91 Å². The van der Waals surface area contributed by atoms with Gasteiger partial charge in [0.1, 0.15) is 22.8 Å². The molecule has 0 aliphatic heterocycles. The number of fused-ring (bicyclic) bond motifs is 3. The van der Waals surface area contributed by atoms with Crippen LogP contribution in [-0.4, -0.2) is 43.5 Å². The number of anilines is 1. The molecule has 0 radical (unpaired) electrons. The second-order valence-electron chi connectivity index (χ2n) is 8.63.